The van der Waals surface area contributed by atoms with Crippen molar-refractivity contribution in [2.24, 2.45) is 0 Å². The minimum atomic E-state index is -0.837. The zero-order chi connectivity index (χ0) is 23.6. The smallest absolute Gasteiger partial charge is 0.291 e. The number of rotatable bonds is 6. The maximum atomic E-state index is 12.3. The van der Waals surface area contributed by atoms with Gasteiger partial charge in [-0.1, -0.05) is 30.3 Å². The van der Waals surface area contributed by atoms with Crippen LogP contribution in [0.4, 0.5) is 5.69 Å². The average molecular weight is 455 g/mol. The summed E-state index contributed by atoms with van der Waals surface area (Å²) >= 11 is 0. The summed E-state index contributed by atoms with van der Waals surface area (Å²) in [4.78, 5) is 26.3. The van der Waals surface area contributed by atoms with Crippen molar-refractivity contribution in [1.82, 2.24) is 25.1 Å². The Morgan fingerprint density at radius 3 is 2.33 bits per heavy atom. The van der Waals surface area contributed by atoms with E-state index >= 15 is 0 Å². The van der Waals surface area contributed by atoms with Crippen LogP contribution in [0.2, 0.25) is 0 Å². The van der Waals surface area contributed by atoms with Gasteiger partial charge in [0.15, 0.2) is 6.35 Å². The predicted molar refractivity (Wildman–Crippen MR) is 126 cm³/mol. The summed E-state index contributed by atoms with van der Waals surface area (Å²) in [7, 11) is 5.89. The number of benzene rings is 1. The van der Waals surface area contributed by atoms with Gasteiger partial charge in [-0.3, -0.25) is 15.0 Å². The van der Waals surface area contributed by atoms with Crippen molar-refractivity contribution in [1.29, 1.82) is 0 Å². The van der Waals surface area contributed by atoms with Crippen LogP contribution in [-0.2, 0) is 5.54 Å². The first-order valence-corrected chi connectivity index (χ1v) is 11.4. The lowest BCUT2D eigenvalue weighted by molar-refractivity contribution is 0.0513. The molecule has 3 N–H and O–H groups in total. The Bertz CT molecular complexity index is 944. The van der Waals surface area contributed by atoms with E-state index in [1.807, 2.05) is 4.90 Å². The van der Waals surface area contributed by atoms with Crippen molar-refractivity contribution < 1.29 is 15.0 Å². The third-order valence-electron chi connectivity index (χ3n) is 7.35. The highest BCUT2D eigenvalue weighted by Crippen LogP contribution is 2.46. The Morgan fingerprint density at radius 2 is 1.76 bits per heavy atom. The number of hydrogen-bond donors (Lipinski definition) is 3. The molecule has 1 saturated carbocycles. The second-order valence-corrected chi connectivity index (χ2v) is 9.43. The van der Waals surface area contributed by atoms with Crippen LogP contribution in [0.15, 0.2) is 42.7 Å². The van der Waals surface area contributed by atoms with E-state index in [2.05, 4.69) is 64.6 Å². The molecule has 2 fully saturated rings. The molecule has 0 bridgehead atoms. The number of nitrogens with zero attached hydrogens (tertiary/aromatic N) is 5. The molecule has 0 radical (unpaired) electrons. The van der Waals surface area contributed by atoms with E-state index < -0.39 is 6.35 Å². The molecule has 2 aliphatic rings. The van der Waals surface area contributed by atoms with Crippen LogP contribution in [0.5, 0.6) is 0 Å². The molecule has 4 rings (SSSR count). The van der Waals surface area contributed by atoms with E-state index in [1.54, 1.807) is 19.4 Å². The first-order valence-electron chi connectivity index (χ1n) is 11.4. The van der Waals surface area contributed by atoms with Crippen LogP contribution in [0.3, 0.4) is 0 Å². The maximum Gasteiger partial charge on any atom is 0.291 e. The van der Waals surface area contributed by atoms with E-state index in [-0.39, 0.29) is 36.0 Å². The summed E-state index contributed by atoms with van der Waals surface area (Å²) in [6, 6.07) is 10.7. The normalized spacial score (nSPS) is 27.3. The number of carbonyl (C=O) groups excluding carboxylic acids is 1. The highest BCUT2D eigenvalue weighted by molar-refractivity contribution is 5.90. The Balaban J connectivity index is 1.46. The first-order chi connectivity index (χ1) is 15.8. The zero-order valence-corrected chi connectivity index (χ0v) is 19.6. The third kappa shape index (κ3) is 4.46. The molecule has 1 aromatic carbocycles. The minimum Gasteiger partial charge on any atom is -0.395 e. The lowest BCUT2D eigenvalue weighted by atomic mass is 9.69. The minimum absolute atomic E-state index is 0.0156. The standard InChI is InChI=1S/C24H34N6O3/c1-28(2)24(18-7-5-4-6-8-18)11-9-23(10-12-24)17-30(22(33)27-23)19-15-25-20(26-16-19)21(32)29(3)13-14-31/h4-8,15-16,22,27,31,33H,9-14,17H2,1-3H3. The van der Waals surface area contributed by atoms with Gasteiger partial charge in [-0.05, 0) is 45.3 Å². The number of likely N-dealkylation sites (N-methyl/N-ethyl adjacent to an activating group) is 1. The molecule has 1 aliphatic heterocycles. The Hall–Kier alpha value is -2.59. The number of amides is 1. The molecule has 2 heterocycles. The summed E-state index contributed by atoms with van der Waals surface area (Å²) in [5.74, 6) is -0.275. The monoisotopic (exact) mass is 454 g/mol. The van der Waals surface area contributed by atoms with E-state index in [4.69, 9.17) is 5.11 Å². The molecule has 1 saturated heterocycles. The molecule has 1 aliphatic carbocycles. The van der Waals surface area contributed by atoms with Gasteiger partial charge < -0.3 is 20.0 Å². The van der Waals surface area contributed by atoms with E-state index in [1.165, 1.54) is 10.5 Å². The fourth-order valence-electron chi connectivity index (χ4n) is 5.23. The van der Waals surface area contributed by atoms with Crippen molar-refractivity contribution in [2.75, 3.05) is 45.7 Å². The van der Waals surface area contributed by atoms with Crippen LogP contribution in [0.1, 0.15) is 41.9 Å². The maximum absolute atomic E-state index is 12.3. The van der Waals surface area contributed by atoms with Crippen molar-refractivity contribution >= 4 is 11.6 Å². The molecule has 1 unspecified atom stereocenters. The second-order valence-electron chi connectivity index (χ2n) is 9.43. The van der Waals surface area contributed by atoms with Crippen LogP contribution < -0.4 is 10.2 Å². The SMILES string of the molecule is CN(CCO)C(=O)c1ncc(N2CC3(CCC(c4ccccc4)(N(C)C)CC3)NC2O)cn1. The number of aliphatic hydroxyl groups excluding tert-OH is 2. The van der Waals surface area contributed by atoms with Crippen molar-refractivity contribution in [3.63, 3.8) is 0 Å². The largest absolute Gasteiger partial charge is 0.395 e. The average Bonchev–Trinajstić information content (AvgIpc) is 3.15. The van der Waals surface area contributed by atoms with Gasteiger partial charge in [0.25, 0.3) is 5.91 Å². The fourth-order valence-corrected chi connectivity index (χ4v) is 5.23. The highest BCUT2D eigenvalue weighted by atomic mass is 16.3. The molecular weight excluding hydrogens is 420 g/mol. The van der Waals surface area contributed by atoms with Crippen molar-refractivity contribution in [2.45, 2.75) is 43.1 Å². The molecular formula is C24H34N6O3. The van der Waals surface area contributed by atoms with Gasteiger partial charge in [0, 0.05) is 31.2 Å². The first kappa shape index (κ1) is 23.6. The van der Waals surface area contributed by atoms with Gasteiger partial charge in [0.05, 0.1) is 24.7 Å². The third-order valence-corrected chi connectivity index (χ3v) is 7.35. The second kappa shape index (κ2) is 9.34. The van der Waals surface area contributed by atoms with E-state index in [0.717, 1.165) is 25.7 Å². The van der Waals surface area contributed by atoms with Crippen molar-refractivity contribution in [3.05, 3.63) is 54.1 Å². The van der Waals surface area contributed by atoms with Gasteiger partial charge in [-0.2, -0.15) is 0 Å². The quantitative estimate of drug-likeness (QED) is 0.594. The topological polar surface area (TPSA) is 105 Å². The molecule has 9 nitrogen and oxygen atoms in total. The van der Waals surface area contributed by atoms with Gasteiger partial charge >= 0.3 is 0 Å². The van der Waals surface area contributed by atoms with Crippen LogP contribution in [0.25, 0.3) is 0 Å². The predicted octanol–water partition coefficient (Wildman–Crippen LogP) is 0.996. The van der Waals surface area contributed by atoms with Crippen LogP contribution in [-0.4, -0.2) is 88.6 Å². The number of aliphatic hydroxyl groups is 2. The van der Waals surface area contributed by atoms with Gasteiger partial charge in [-0.15, -0.1) is 0 Å². The van der Waals surface area contributed by atoms with Gasteiger partial charge in [0.1, 0.15) is 0 Å². The lowest BCUT2D eigenvalue weighted by Crippen LogP contribution is -2.54. The number of hydrogen-bond acceptors (Lipinski definition) is 8. The summed E-state index contributed by atoms with van der Waals surface area (Å²) in [5, 5.41) is 23.2. The van der Waals surface area contributed by atoms with Crippen LogP contribution >= 0.6 is 0 Å². The summed E-state index contributed by atoms with van der Waals surface area (Å²) in [6.07, 6.45) is 6.14. The Labute approximate surface area is 195 Å². The van der Waals surface area contributed by atoms with Gasteiger partial charge in [-0.25, -0.2) is 9.97 Å². The number of aromatic nitrogens is 2. The molecule has 33 heavy (non-hydrogen) atoms. The summed E-state index contributed by atoms with van der Waals surface area (Å²) in [6.45, 7) is 0.750. The molecule has 2 aromatic rings. The molecule has 1 amide bonds. The van der Waals surface area contributed by atoms with Crippen LogP contribution in [0, 0.1) is 0 Å². The Kier molecular flexibility index (Phi) is 6.67. The summed E-state index contributed by atoms with van der Waals surface area (Å²) < 4.78 is 0. The number of carbonyl (C=O) groups is 1. The molecule has 1 aromatic heterocycles. The molecule has 1 atom stereocenters. The molecule has 9 heteroatoms. The number of anilines is 1. The van der Waals surface area contributed by atoms with E-state index in [0.29, 0.717) is 12.2 Å². The fraction of sp³-hybridized carbons (Fsp3) is 0.542. The van der Waals surface area contributed by atoms with Gasteiger partial charge in [0.2, 0.25) is 5.82 Å². The lowest BCUT2D eigenvalue weighted by Gasteiger charge is -2.49. The number of nitrogens with one attached hydrogen (secondary N) is 1. The van der Waals surface area contributed by atoms with E-state index in [9.17, 15) is 9.90 Å². The molecule has 178 valence electrons. The highest BCUT2D eigenvalue weighted by Gasteiger charge is 2.50. The van der Waals surface area contributed by atoms with Crippen molar-refractivity contribution in [3.8, 4) is 0 Å². The Morgan fingerprint density at radius 1 is 1.12 bits per heavy atom. The summed E-state index contributed by atoms with van der Waals surface area (Å²) in [5.41, 5.74) is 1.79. The zero-order valence-electron chi connectivity index (χ0n) is 19.6. The molecule has 1 spiro atoms.